The number of carbonyl (C=O) groups excluding carboxylic acids is 1. The molecule has 3 rings (SSSR count). The molecular formula is C20H26N4OS2. The van der Waals surface area contributed by atoms with E-state index in [1.54, 1.807) is 0 Å². The largest absolute Gasteiger partial charge is 0.355 e. The summed E-state index contributed by atoms with van der Waals surface area (Å²) in [4.78, 5) is 12.3. The van der Waals surface area contributed by atoms with Crippen LogP contribution in [0.25, 0.3) is 0 Å². The van der Waals surface area contributed by atoms with Gasteiger partial charge in [0.2, 0.25) is 11.0 Å². The van der Waals surface area contributed by atoms with Crippen molar-refractivity contribution in [2.75, 3.05) is 11.9 Å². The summed E-state index contributed by atoms with van der Waals surface area (Å²) in [5.74, 6) is 0.0552. The van der Waals surface area contributed by atoms with Gasteiger partial charge in [-0.25, -0.2) is 0 Å². The summed E-state index contributed by atoms with van der Waals surface area (Å²) >= 11 is 2.91. The molecular weight excluding hydrogens is 376 g/mol. The molecule has 1 aliphatic carbocycles. The zero-order valence-electron chi connectivity index (χ0n) is 15.8. The van der Waals surface area contributed by atoms with Gasteiger partial charge in [-0.05, 0) is 58.1 Å². The number of aryl methyl sites for hydroxylation is 1. The number of amides is 1. The van der Waals surface area contributed by atoms with Crippen LogP contribution < -0.4 is 10.6 Å². The monoisotopic (exact) mass is 402 g/mol. The zero-order chi connectivity index (χ0) is 19.1. The van der Waals surface area contributed by atoms with Gasteiger partial charge < -0.3 is 10.6 Å². The van der Waals surface area contributed by atoms with Crippen molar-refractivity contribution < 1.29 is 4.79 Å². The summed E-state index contributed by atoms with van der Waals surface area (Å²) < 4.78 is 0.794. The van der Waals surface area contributed by atoms with E-state index in [2.05, 4.69) is 46.0 Å². The molecule has 5 nitrogen and oxygen atoms in total. The van der Waals surface area contributed by atoms with Crippen LogP contribution in [0, 0.1) is 6.92 Å². The van der Waals surface area contributed by atoms with Crippen molar-refractivity contribution in [3.05, 3.63) is 41.5 Å². The zero-order valence-corrected chi connectivity index (χ0v) is 17.5. The highest BCUT2D eigenvalue weighted by atomic mass is 32.2. The van der Waals surface area contributed by atoms with Crippen LogP contribution in [0.3, 0.4) is 0 Å². The Labute approximate surface area is 169 Å². The fourth-order valence-corrected chi connectivity index (χ4v) is 4.84. The van der Waals surface area contributed by atoms with E-state index < -0.39 is 0 Å². The van der Waals surface area contributed by atoms with Crippen LogP contribution in [0.1, 0.15) is 44.6 Å². The van der Waals surface area contributed by atoms with E-state index in [4.69, 9.17) is 0 Å². The number of hydrogen-bond acceptors (Lipinski definition) is 6. The van der Waals surface area contributed by atoms with Crippen LogP contribution in [0.2, 0.25) is 0 Å². The molecule has 1 heterocycles. The SMILES string of the molecule is Cc1ccc(Nc2nnc(S[C@H](C)C(=O)NCCC3=CCCCC3)s2)cc1. The second kappa shape index (κ2) is 9.90. The van der Waals surface area contributed by atoms with Crippen LogP contribution >= 0.6 is 23.1 Å². The fraction of sp³-hybridized carbons (Fsp3) is 0.450. The number of anilines is 2. The molecule has 7 heteroatoms. The van der Waals surface area contributed by atoms with Crippen LogP contribution in [-0.4, -0.2) is 27.9 Å². The van der Waals surface area contributed by atoms with Crippen LogP contribution in [0.5, 0.6) is 0 Å². The highest BCUT2D eigenvalue weighted by Gasteiger charge is 2.17. The van der Waals surface area contributed by atoms with Gasteiger partial charge in [-0.2, -0.15) is 0 Å². The summed E-state index contributed by atoms with van der Waals surface area (Å²) in [5.41, 5.74) is 3.68. The predicted molar refractivity (Wildman–Crippen MR) is 114 cm³/mol. The molecule has 2 aromatic rings. The Kier molecular flexibility index (Phi) is 7.29. The first-order chi connectivity index (χ1) is 13.1. The number of benzene rings is 1. The Hall–Kier alpha value is -1.86. The van der Waals surface area contributed by atoms with Crippen LogP contribution in [-0.2, 0) is 4.79 Å². The fourth-order valence-electron chi connectivity index (χ4n) is 2.89. The second-order valence-electron chi connectivity index (χ2n) is 6.77. The van der Waals surface area contributed by atoms with Crippen molar-refractivity contribution in [1.29, 1.82) is 0 Å². The molecule has 27 heavy (non-hydrogen) atoms. The van der Waals surface area contributed by atoms with E-state index in [-0.39, 0.29) is 11.2 Å². The number of aromatic nitrogens is 2. The number of allylic oxidation sites excluding steroid dienone is 1. The average molecular weight is 403 g/mol. The molecule has 1 amide bonds. The topological polar surface area (TPSA) is 66.9 Å². The lowest BCUT2D eigenvalue weighted by molar-refractivity contribution is -0.120. The van der Waals surface area contributed by atoms with E-state index in [9.17, 15) is 4.79 Å². The highest BCUT2D eigenvalue weighted by molar-refractivity contribution is 8.02. The lowest BCUT2D eigenvalue weighted by Crippen LogP contribution is -2.31. The Bertz CT molecular complexity index is 786. The summed E-state index contributed by atoms with van der Waals surface area (Å²) in [6, 6.07) is 8.13. The molecule has 0 bridgehead atoms. The standard InChI is InChI=1S/C20H26N4OS2/c1-14-8-10-17(11-9-14)22-19-23-24-20(27-19)26-15(2)18(25)21-13-12-16-6-4-3-5-7-16/h6,8-11,15H,3-5,7,12-13H2,1-2H3,(H,21,25)(H,22,23)/t15-/m1/s1. The van der Waals surface area contributed by atoms with Gasteiger partial charge in [0.05, 0.1) is 5.25 Å². The quantitative estimate of drug-likeness (QED) is 0.476. The van der Waals surface area contributed by atoms with E-state index in [0.717, 1.165) is 21.6 Å². The van der Waals surface area contributed by atoms with Crippen molar-refractivity contribution in [3.63, 3.8) is 0 Å². The third-order valence-corrected chi connectivity index (χ3v) is 6.51. The van der Waals surface area contributed by atoms with Gasteiger partial charge in [-0.3, -0.25) is 4.79 Å². The lowest BCUT2D eigenvalue weighted by atomic mass is 9.97. The highest BCUT2D eigenvalue weighted by Crippen LogP contribution is 2.30. The summed E-state index contributed by atoms with van der Waals surface area (Å²) in [5, 5.41) is 15.2. The molecule has 0 radical (unpaired) electrons. The molecule has 1 atom stereocenters. The van der Waals surface area contributed by atoms with E-state index in [0.29, 0.717) is 6.54 Å². The third-order valence-electron chi connectivity index (χ3n) is 4.49. The van der Waals surface area contributed by atoms with Gasteiger partial charge in [0, 0.05) is 12.2 Å². The number of nitrogens with one attached hydrogen (secondary N) is 2. The van der Waals surface area contributed by atoms with Crippen LogP contribution in [0.4, 0.5) is 10.8 Å². The molecule has 0 saturated carbocycles. The minimum Gasteiger partial charge on any atom is -0.355 e. The minimum absolute atomic E-state index is 0.0552. The minimum atomic E-state index is -0.189. The first-order valence-corrected chi connectivity index (χ1v) is 11.1. The Morgan fingerprint density at radius 2 is 2.07 bits per heavy atom. The first-order valence-electron chi connectivity index (χ1n) is 9.39. The third kappa shape index (κ3) is 6.36. The van der Waals surface area contributed by atoms with E-state index >= 15 is 0 Å². The number of rotatable bonds is 8. The molecule has 144 valence electrons. The molecule has 0 spiro atoms. The smallest absolute Gasteiger partial charge is 0.233 e. The molecule has 0 fully saturated rings. The van der Waals surface area contributed by atoms with E-state index in [1.807, 2.05) is 19.1 Å². The van der Waals surface area contributed by atoms with Gasteiger partial charge in [0.25, 0.3) is 0 Å². The van der Waals surface area contributed by atoms with Crippen LogP contribution in [0.15, 0.2) is 40.3 Å². The Morgan fingerprint density at radius 3 is 2.81 bits per heavy atom. The summed E-state index contributed by atoms with van der Waals surface area (Å²) in [6.45, 7) is 4.68. The van der Waals surface area contributed by atoms with Crippen molar-refractivity contribution in [2.45, 2.75) is 55.5 Å². The molecule has 1 aromatic carbocycles. The number of carbonyl (C=O) groups is 1. The lowest BCUT2D eigenvalue weighted by Gasteiger charge is -2.14. The van der Waals surface area contributed by atoms with Gasteiger partial charge in [-0.15, -0.1) is 10.2 Å². The normalized spacial score (nSPS) is 15.1. The first kappa shape index (κ1) is 19.9. The van der Waals surface area contributed by atoms with Gasteiger partial charge in [0.1, 0.15) is 0 Å². The predicted octanol–water partition coefficient (Wildman–Crippen LogP) is 5.08. The summed E-state index contributed by atoms with van der Waals surface area (Å²) in [7, 11) is 0. The molecule has 1 aromatic heterocycles. The molecule has 0 unspecified atom stereocenters. The van der Waals surface area contributed by atoms with Crippen molar-refractivity contribution in [2.24, 2.45) is 0 Å². The molecule has 2 N–H and O–H groups in total. The van der Waals surface area contributed by atoms with Gasteiger partial charge in [-0.1, -0.05) is 52.4 Å². The average Bonchev–Trinajstić information content (AvgIpc) is 3.11. The number of hydrogen-bond donors (Lipinski definition) is 2. The van der Waals surface area contributed by atoms with Crippen molar-refractivity contribution >= 4 is 39.8 Å². The maximum absolute atomic E-state index is 12.3. The maximum atomic E-state index is 12.3. The maximum Gasteiger partial charge on any atom is 0.233 e. The van der Waals surface area contributed by atoms with E-state index in [1.165, 1.54) is 59.9 Å². The van der Waals surface area contributed by atoms with Gasteiger partial charge in [0.15, 0.2) is 4.34 Å². The van der Waals surface area contributed by atoms with Crippen molar-refractivity contribution in [3.8, 4) is 0 Å². The molecule has 0 aliphatic heterocycles. The van der Waals surface area contributed by atoms with Gasteiger partial charge >= 0.3 is 0 Å². The number of nitrogens with zero attached hydrogens (tertiary/aromatic N) is 2. The summed E-state index contributed by atoms with van der Waals surface area (Å²) in [6.07, 6.45) is 8.24. The second-order valence-corrected chi connectivity index (χ2v) is 9.34. The number of thioether (sulfide) groups is 1. The molecule has 0 saturated heterocycles. The van der Waals surface area contributed by atoms with Crippen molar-refractivity contribution in [1.82, 2.24) is 15.5 Å². The Morgan fingerprint density at radius 1 is 1.26 bits per heavy atom. The Balaban J connectivity index is 1.43. The molecule has 1 aliphatic rings.